The lowest BCUT2D eigenvalue weighted by atomic mass is 9.86. The van der Waals surface area contributed by atoms with Crippen LogP contribution in [0.4, 0.5) is 22.0 Å². The van der Waals surface area contributed by atoms with Gasteiger partial charge in [-0.15, -0.1) is 0 Å². The number of carbonyl (C=O) groups is 2. The van der Waals surface area contributed by atoms with Crippen LogP contribution in [0.2, 0.25) is 0 Å². The van der Waals surface area contributed by atoms with Crippen LogP contribution in [0, 0.1) is 0 Å². The highest BCUT2D eigenvalue weighted by Crippen LogP contribution is 2.41. The number of alkyl halides is 5. The molecule has 0 radical (unpaired) electrons. The minimum Gasteiger partial charge on any atom is -0.477 e. The standard InChI is InChI=1S/C8H8F5NO4/c1-18-6(7(9,10)5(16)17)2-14(3-6)4(15)8(11,12)13/h2-3H2,1H3,(H,16,17). The lowest BCUT2D eigenvalue weighted by Gasteiger charge is -2.50. The number of ether oxygens (including phenoxy) is 1. The van der Waals surface area contributed by atoms with Gasteiger partial charge in [0.25, 0.3) is 0 Å². The summed E-state index contributed by atoms with van der Waals surface area (Å²) in [4.78, 5) is 21.1. The number of carboxylic acids is 1. The molecule has 1 fully saturated rings. The van der Waals surface area contributed by atoms with E-state index in [1.165, 1.54) is 0 Å². The van der Waals surface area contributed by atoms with Gasteiger partial charge in [0, 0.05) is 7.11 Å². The highest BCUT2D eigenvalue weighted by molar-refractivity contribution is 5.84. The predicted molar refractivity (Wildman–Crippen MR) is 45.0 cm³/mol. The van der Waals surface area contributed by atoms with Crippen LogP contribution in [-0.4, -0.2) is 59.8 Å². The summed E-state index contributed by atoms with van der Waals surface area (Å²) in [6, 6.07) is 0. The van der Waals surface area contributed by atoms with E-state index in [-0.39, 0.29) is 4.90 Å². The van der Waals surface area contributed by atoms with Crippen molar-refractivity contribution in [3.8, 4) is 0 Å². The third-order valence-corrected chi connectivity index (χ3v) is 2.65. The van der Waals surface area contributed by atoms with Crippen LogP contribution in [-0.2, 0) is 14.3 Å². The molecule has 0 spiro atoms. The number of carboxylic acid groups (broad SMARTS) is 1. The fourth-order valence-electron chi connectivity index (χ4n) is 1.54. The number of halogens is 5. The molecule has 0 aromatic rings. The van der Waals surface area contributed by atoms with Gasteiger partial charge in [-0.05, 0) is 0 Å². The molecule has 0 aliphatic carbocycles. The van der Waals surface area contributed by atoms with Crippen LogP contribution >= 0.6 is 0 Å². The van der Waals surface area contributed by atoms with Crippen LogP contribution in [0.5, 0.6) is 0 Å². The second-order valence-electron chi connectivity index (χ2n) is 3.74. The van der Waals surface area contributed by atoms with Crippen molar-refractivity contribution in [2.24, 2.45) is 0 Å². The lowest BCUT2D eigenvalue weighted by molar-refractivity contribution is -0.261. The summed E-state index contributed by atoms with van der Waals surface area (Å²) < 4.78 is 66.8. The van der Waals surface area contributed by atoms with Gasteiger partial charge in [0.15, 0.2) is 5.60 Å². The first kappa shape index (κ1) is 14.6. The quantitative estimate of drug-likeness (QED) is 0.763. The summed E-state index contributed by atoms with van der Waals surface area (Å²) in [5.74, 6) is -9.22. The van der Waals surface area contributed by atoms with Crippen molar-refractivity contribution in [3.05, 3.63) is 0 Å². The van der Waals surface area contributed by atoms with Gasteiger partial charge < -0.3 is 14.7 Å². The van der Waals surface area contributed by atoms with Gasteiger partial charge in [0.1, 0.15) is 0 Å². The Morgan fingerprint density at radius 1 is 1.22 bits per heavy atom. The summed E-state index contributed by atoms with van der Waals surface area (Å²) in [6.45, 7) is -2.28. The van der Waals surface area contributed by atoms with E-state index in [1.807, 2.05) is 0 Å². The van der Waals surface area contributed by atoms with Gasteiger partial charge >= 0.3 is 24.0 Å². The molecule has 1 saturated heterocycles. The summed E-state index contributed by atoms with van der Waals surface area (Å²) in [6.07, 6.45) is -5.20. The van der Waals surface area contributed by atoms with Crippen molar-refractivity contribution >= 4 is 11.9 Å². The Morgan fingerprint density at radius 2 is 1.67 bits per heavy atom. The second kappa shape index (κ2) is 4.04. The van der Waals surface area contributed by atoms with Crippen LogP contribution in [0.1, 0.15) is 0 Å². The Hall–Kier alpha value is -1.45. The van der Waals surface area contributed by atoms with Crippen molar-refractivity contribution in [3.63, 3.8) is 0 Å². The second-order valence-corrected chi connectivity index (χ2v) is 3.74. The highest BCUT2D eigenvalue weighted by atomic mass is 19.4. The third kappa shape index (κ3) is 2.00. The minimum atomic E-state index is -5.20. The van der Waals surface area contributed by atoms with E-state index >= 15 is 0 Å². The summed E-state index contributed by atoms with van der Waals surface area (Å²) in [5.41, 5.74) is -2.63. The van der Waals surface area contributed by atoms with Gasteiger partial charge in [-0.3, -0.25) is 4.79 Å². The van der Waals surface area contributed by atoms with Gasteiger partial charge in [0.05, 0.1) is 13.1 Å². The zero-order valence-electron chi connectivity index (χ0n) is 8.92. The number of hydrogen-bond acceptors (Lipinski definition) is 3. The molecule has 1 aliphatic heterocycles. The minimum absolute atomic E-state index is 0.0559. The summed E-state index contributed by atoms with van der Waals surface area (Å²) >= 11 is 0. The van der Waals surface area contributed by atoms with Crippen molar-refractivity contribution in [2.45, 2.75) is 17.7 Å². The molecule has 0 unspecified atom stereocenters. The average molecular weight is 277 g/mol. The Balaban J connectivity index is 2.84. The third-order valence-electron chi connectivity index (χ3n) is 2.65. The van der Waals surface area contributed by atoms with Crippen molar-refractivity contribution in [2.75, 3.05) is 20.2 Å². The molecule has 0 atom stereocenters. The molecule has 104 valence electrons. The average Bonchev–Trinajstić information content (AvgIpc) is 2.14. The molecule has 0 saturated carbocycles. The number of hydrogen-bond donors (Lipinski definition) is 1. The maximum absolute atomic E-state index is 13.2. The zero-order valence-corrected chi connectivity index (χ0v) is 8.92. The van der Waals surface area contributed by atoms with E-state index in [2.05, 4.69) is 4.74 Å². The molecule has 1 aliphatic rings. The number of likely N-dealkylation sites (tertiary alicyclic amines) is 1. The van der Waals surface area contributed by atoms with E-state index in [0.29, 0.717) is 0 Å². The number of amides is 1. The fraction of sp³-hybridized carbons (Fsp3) is 0.750. The molecule has 1 rings (SSSR count). The number of rotatable bonds is 3. The Morgan fingerprint density at radius 3 is 1.94 bits per heavy atom. The van der Waals surface area contributed by atoms with Crippen LogP contribution in [0.3, 0.4) is 0 Å². The molecule has 1 N–H and O–H groups in total. The van der Waals surface area contributed by atoms with E-state index < -0.39 is 42.7 Å². The van der Waals surface area contributed by atoms with Gasteiger partial charge in [0.2, 0.25) is 0 Å². The van der Waals surface area contributed by atoms with Crippen molar-refractivity contribution in [1.29, 1.82) is 0 Å². The SMILES string of the molecule is COC1(C(F)(F)C(=O)O)CN(C(=O)C(F)(F)F)C1. The lowest BCUT2D eigenvalue weighted by Crippen LogP contribution is -2.75. The molecule has 10 heteroatoms. The first-order chi connectivity index (χ1) is 7.98. The maximum atomic E-state index is 13.2. The largest absolute Gasteiger partial charge is 0.477 e. The maximum Gasteiger partial charge on any atom is 0.471 e. The molecule has 1 amide bonds. The van der Waals surface area contributed by atoms with Gasteiger partial charge in [-0.2, -0.15) is 22.0 Å². The summed E-state index contributed by atoms with van der Waals surface area (Å²) in [5, 5.41) is 8.30. The predicted octanol–water partition coefficient (Wildman–Crippen LogP) is 0.496. The molecule has 0 aromatic heterocycles. The fourth-order valence-corrected chi connectivity index (χ4v) is 1.54. The monoisotopic (exact) mass is 277 g/mol. The number of aliphatic carboxylic acids is 1. The van der Waals surface area contributed by atoms with Crippen molar-refractivity contribution in [1.82, 2.24) is 4.90 Å². The number of carbonyl (C=O) groups excluding carboxylic acids is 1. The Kier molecular flexibility index (Phi) is 3.28. The molecular formula is C8H8F5NO4. The topological polar surface area (TPSA) is 66.8 Å². The van der Waals surface area contributed by atoms with Crippen molar-refractivity contribution < 1.29 is 41.4 Å². The van der Waals surface area contributed by atoms with Crippen LogP contribution in [0.15, 0.2) is 0 Å². The first-order valence-electron chi connectivity index (χ1n) is 4.50. The smallest absolute Gasteiger partial charge is 0.471 e. The molecule has 0 bridgehead atoms. The molecule has 0 aromatic carbocycles. The summed E-state index contributed by atoms with van der Waals surface area (Å²) in [7, 11) is 0.742. The number of nitrogens with zero attached hydrogens (tertiary/aromatic N) is 1. The zero-order chi connectivity index (χ0) is 14.4. The molecule has 5 nitrogen and oxygen atoms in total. The normalized spacial score (nSPS) is 19.3. The van der Waals surface area contributed by atoms with E-state index in [9.17, 15) is 31.5 Å². The van der Waals surface area contributed by atoms with Crippen LogP contribution in [0.25, 0.3) is 0 Å². The van der Waals surface area contributed by atoms with Crippen LogP contribution < -0.4 is 0 Å². The first-order valence-corrected chi connectivity index (χ1v) is 4.50. The molecule has 18 heavy (non-hydrogen) atoms. The van der Waals surface area contributed by atoms with E-state index in [4.69, 9.17) is 5.11 Å². The molecular weight excluding hydrogens is 269 g/mol. The Bertz CT molecular complexity index is 374. The Labute approximate surface area is 97.1 Å². The van der Waals surface area contributed by atoms with E-state index in [0.717, 1.165) is 7.11 Å². The highest BCUT2D eigenvalue weighted by Gasteiger charge is 2.68. The number of methoxy groups -OCH3 is 1. The van der Waals surface area contributed by atoms with E-state index in [1.54, 1.807) is 0 Å². The van der Waals surface area contributed by atoms with Gasteiger partial charge in [-0.1, -0.05) is 0 Å². The molecule has 1 heterocycles. The van der Waals surface area contributed by atoms with Gasteiger partial charge in [-0.25, -0.2) is 4.79 Å².